The first-order chi connectivity index (χ1) is 9.35. The largest absolute Gasteiger partial charge is 0.495 e. The summed E-state index contributed by atoms with van der Waals surface area (Å²) in [4.78, 5) is 9.07. The van der Waals surface area contributed by atoms with E-state index < -0.39 is 0 Å². The van der Waals surface area contributed by atoms with Crippen LogP contribution >= 0.6 is 0 Å². The van der Waals surface area contributed by atoms with Gasteiger partial charge in [-0.25, -0.2) is 9.97 Å². The summed E-state index contributed by atoms with van der Waals surface area (Å²) in [7, 11) is 1.68. The molecule has 0 spiro atoms. The maximum absolute atomic E-state index is 5.44. The van der Waals surface area contributed by atoms with Gasteiger partial charge in [0.25, 0.3) is 0 Å². The van der Waals surface area contributed by atoms with Gasteiger partial charge in [-0.15, -0.1) is 0 Å². The molecule has 0 aliphatic heterocycles. The fraction of sp³-hybridized carbons (Fsp3) is 0.200. The zero-order valence-corrected chi connectivity index (χ0v) is 11.0. The number of methoxy groups -OCH3 is 1. The monoisotopic (exact) mass is 253 g/mol. The highest BCUT2D eigenvalue weighted by molar-refractivity contribution is 5.74. The van der Waals surface area contributed by atoms with Crippen LogP contribution in [0.2, 0.25) is 0 Å². The zero-order valence-electron chi connectivity index (χ0n) is 11.0. The molecule has 2 aromatic heterocycles. The van der Waals surface area contributed by atoms with Gasteiger partial charge in [0, 0.05) is 12.6 Å². The van der Waals surface area contributed by atoms with Gasteiger partial charge in [-0.2, -0.15) is 0 Å². The number of benzene rings is 1. The molecule has 4 nitrogen and oxygen atoms in total. The van der Waals surface area contributed by atoms with Crippen LogP contribution in [0.15, 0.2) is 42.6 Å². The van der Waals surface area contributed by atoms with E-state index in [-0.39, 0.29) is 0 Å². The van der Waals surface area contributed by atoms with Crippen LogP contribution in [-0.4, -0.2) is 21.6 Å². The summed E-state index contributed by atoms with van der Waals surface area (Å²) in [5.41, 5.74) is 2.75. The predicted molar refractivity (Wildman–Crippen MR) is 74.8 cm³/mol. The van der Waals surface area contributed by atoms with Crippen molar-refractivity contribution >= 4 is 11.2 Å². The van der Waals surface area contributed by atoms with Crippen LogP contribution in [0.4, 0.5) is 0 Å². The average molecular weight is 253 g/mol. The topological polar surface area (TPSA) is 39.9 Å². The molecule has 0 saturated carbocycles. The molecule has 96 valence electrons. The Kier molecular flexibility index (Phi) is 2.91. The molecule has 0 amide bonds. The molecule has 0 fully saturated rings. The third-order valence-corrected chi connectivity index (χ3v) is 3.13. The van der Waals surface area contributed by atoms with E-state index in [0.717, 1.165) is 34.8 Å². The number of hydrogen-bond donors (Lipinski definition) is 0. The minimum atomic E-state index is 0.821. The molecule has 0 atom stereocenters. The van der Waals surface area contributed by atoms with Crippen LogP contribution in [0.3, 0.4) is 0 Å². The number of aromatic nitrogens is 3. The smallest absolute Gasteiger partial charge is 0.164 e. The predicted octanol–water partition coefficient (Wildman–Crippen LogP) is 2.99. The van der Waals surface area contributed by atoms with Crippen LogP contribution < -0.4 is 4.74 Å². The Hall–Kier alpha value is -2.36. The lowest BCUT2D eigenvalue weighted by molar-refractivity contribution is 0.413. The molecule has 0 unspecified atom stereocenters. The Morgan fingerprint density at radius 2 is 2.00 bits per heavy atom. The number of imidazole rings is 1. The first-order valence-corrected chi connectivity index (χ1v) is 6.31. The fourth-order valence-electron chi connectivity index (χ4n) is 2.26. The summed E-state index contributed by atoms with van der Waals surface area (Å²) < 4.78 is 7.50. The number of aryl methyl sites for hydroxylation is 1. The number of pyridine rings is 1. The Morgan fingerprint density at radius 1 is 1.16 bits per heavy atom. The van der Waals surface area contributed by atoms with Crippen molar-refractivity contribution in [1.29, 1.82) is 0 Å². The first-order valence-electron chi connectivity index (χ1n) is 6.31. The third kappa shape index (κ3) is 1.85. The molecule has 4 heteroatoms. The van der Waals surface area contributed by atoms with Crippen LogP contribution in [0.25, 0.3) is 16.9 Å². The van der Waals surface area contributed by atoms with E-state index in [4.69, 9.17) is 4.74 Å². The highest BCUT2D eigenvalue weighted by Gasteiger charge is 2.14. The van der Waals surface area contributed by atoms with Gasteiger partial charge < -0.3 is 4.74 Å². The van der Waals surface area contributed by atoms with E-state index >= 15 is 0 Å². The fourth-order valence-corrected chi connectivity index (χ4v) is 2.26. The van der Waals surface area contributed by atoms with Gasteiger partial charge in [0.15, 0.2) is 5.65 Å². The van der Waals surface area contributed by atoms with E-state index in [1.54, 1.807) is 13.3 Å². The molecule has 0 bridgehead atoms. The second-order valence-corrected chi connectivity index (χ2v) is 4.23. The van der Waals surface area contributed by atoms with E-state index in [1.165, 1.54) is 0 Å². The number of rotatable bonds is 3. The van der Waals surface area contributed by atoms with Crippen molar-refractivity contribution in [3.63, 3.8) is 0 Å². The summed E-state index contributed by atoms with van der Waals surface area (Å²) in [6.07, 6.45) is 2.63. The molecular formula is C15H15N3O. The van der Waals surface area contributed by atoms with Crippen molar-refractivity contribution in [2.75, 3.05) is 7.11 Å². The number of ether oxygens (including phenoxy) is 1. The van der Waals surface area contributed by atoms with Crippen molar-refractivity contribution in [2.45, 2.75) is 13.3 Å². The van der Waals surface area contributed by atoms with E-state index in [1.807, 2.05) is 36.4 Å². The lowest BCUT2D eigenvalue weighted by Gasteiger charge is -2.11. The lowest BCUT2D eigenvalue weighted by Crippen LogP contribution is -2.03. The molecular weight excluding hydrogens is 238 g/mol. The van der Waals surface area contributed by atoms with Gasteiger partial charge in [-0.3, -0.25) is 4.57 Å². The maximum Gasteiger partial charge on any atom is 0.164 e. The summed E-state index contributed by atoms with van der Waals surface area (Å²) >= 11 is 0. The lowest BCUT2D eigenvalue weighted by atomic mass is 10.2. The first kappa shape index (κ1) is 11.7. The van der Waals surface area contributed by atoms with E-state index in [0.29, 0.717) is 0 Å². The third-order valence-electron chi connectivity index (χ3n) is 3.13. The molecule has 19 heavy (non-hydrogen) atoms. The van der Waals surface area contributed by atoms with Gasteiger partial charge in [-0.05, 0) is 24.3 Å². The van der Waals surface area contributed by atoms with E-state index in [2.05, 4.69) is 21.5 Å². The SMILES string of the molecule is CCc1nc2cccnc2n1-c1ccccc1OC. The average Bonchev–Trinajstić information content (AvgIpc) is 2.85. The van der Waals surface area contributed by atoms with Gasteiger partial charge >= 0.3 is 0 Å². The normalized spacial score (nSPS) is 10.8. The molecule has 0 saturated heterocycles. The molecule has 0 radical (unpaired) electrons. The Balaban J connectivity index is 2.34. The van der Waals surface area contributed by atoms with Gasteiger partial charge in [0.1, 0.15) is 17.1 Å². The van der Waals surface area contributed by atoms with E-state index in [9.17, 15) is 0 Å². The van der Waals surface area contributed by atoms with Crippen LogP contribution in [0.1, 0.15) is 12.7 Å². The second-order valence-electron chi connectivity index (χ2n) is 4.23. The van der Waals surface area contributed by atoms with Crippen LogP contribution in [0.5, 0.6) is 5.75 Å². The van der Waals surface area contributed by atoms with Gasteiger partial charge in [0.2, 0.25) is 0 Å². The van der Waals surface area contributed by atoms with Crippen molar-refractivity contribution in [1.82, 2.24) is 14.5 Å². The summed E-state index contributed by atoms with van der Waals surface area (Å²) in [6.45, 7) is 2.09. The highest BCUT2D eigenvalue weighted by atomic mass is 16.5. The molecule has 3 rings (SSSR count). The maximum atomic E-state index is 5.44. The summed E-state index contributed by atoms with van der Waals surface area (Å²) in [6, 6.07) is 11.8. The van der Waals surface area contributed by atoms with Gasteiger partial charge in [0.05, 0.1) is 12.8 Å². The second kappa shape index (κ2) is 4.72. The number of hydrogen-bond acceptors (Lipinski definition) is 3. The summed E-state index contributed by atoms with van der Waals surface area (Å²) in [5.74, 6) is 1.81. The Bertz CT molecular complexity index is 718. The number of nitrogens with zero attached hydrogens (tertiary/aromatic N) is 3. The summed E-state index contributed by atoms with van der Waals surface area (Å²) in [5, 5.41) is 0. The van der Waals surface area contributed by atoms with Crippen LogP contribution in [0, 0.1) is 0 Å². The molecule has 3 aromatic rings. The Morgan fingerprint density at radius 3 is 2.79 bits per heavy atom. The molecule has 0 aliphatic carbocycles. The van der Waals surface area contributed by atoms with Crippen molar-refractivity contribution in [2.24, 2.45) is 0 Å². The number of fused-ring (bicyclic) bond motifs is 1. The molecule has 0 aliphatic rings. The molecule has 2 heterocycles. The van der Waals surface area contributed by atoms with Crippen molar-refractivity contribution in [3.05, 3.63) is 48.4 Å². The van der Waals surface area contributed by atoms with Crippen LogP contribution in [-0.2, 0) is 6.42 Å². The Labute approximate surface area is 111 Å². The molecule has 0 N–H and O–H groups in total. The minimum absolute atomic E-state index is 0.821. The highest BCUT2D eigenvalue weighted by Crippen LogP contribution is 2.27. The van der Waals surface area contributed by atoms with Crippen molar-refractivity contribution < 1.29 is 4.74 Å². The zero-order chi connectivity index (χ0) is 13.2. The van der Waals surface area contributed by atoms with Gasteiger partial charge in [-0.1, -0.05) is 19.1 Å². The minimum Gasteiger partial charge on any atom is -0.495 e. The molecule has 1 aromatic carbocycles. The standard InChI is InChI=1S/C15H15N3O/c1-3-14-17-11-7-6-10-16-15(11)18(14)12-8-4-5-9-13(12)19-2/h4-10H,3H2,1-2H3. The number of para-hydroxylation sites is 2. The van der Waals surface area contributed by atoms with Crippen molar-refractivity contribution in [3.8, 4) is 11.4 Å². The quantitative estimate of drug-likeness (QED) is 0.720.